The second-order valence-electron chi connectivity index (χ2n) is 13.3. The average molecular weight is 731 g/mol. The number of hydrazine groups is 1. The number of nitrogens with one attached hydrogen (secondary N) is 3. The summed E-state index contributed by atoms with van der Waals surface area (Å²) in [5.74, 6) is 0.321. The molecule has 9 nitrogen and oxygen atoms in total. The van der Waals surface area contributed by atoms with Crippen molar-refractivity contribution in [2.24, 2.45) is 4.99 Å². The second-order valence-corrected chi connectivity index (χ2v) is 13.7. The first kappa shape index (κ1) is 40.3. The zero-order valence-corrected chi connectivity index (χ0v) is 31.7. The molecule has 3 aromatic rings. The number of carbonyl (C=O) groups excluding carboxylic acids is 2. The quantitative estimate of drug-likeness (QED) is 0.0600. The summed E-state index contributed by atoms with van der Waals surface area (Å²) < 4.78 is 11.3. The van der Waals surface area contributed by atoms with Gasteiger partial charge in [-0.1, -0.05) is 121 Å². The van der Waals surface area contributed by atoms with Crippen molar-refractivity contribution in [2.75, 3.05) is 12.4 Å². The number of ketones is 1. The number of Topliss-reactive ketones (excluding diaryl/α,β-unsaturated/α-hetero) is 1. The Kier molecular flexibility index (Phi) is 16.9. The number of rotatable bonds is 22. The number of amides is 1. The Hall–Kier alpha value is -4.50. The van der Waals surface area contributed by atoms with Gasteiger partial charge in [-0.2, -0.15) is 0 Å². The van der Waals surface area contributed by atoms with Crippen LogP contribution in [0.5, 0.6) is 17.2 Å². The van der Waals surface area contributed by atoms with Crippen LogP contribution in [0.4, 0.5) is 11.4 Å². The van der Waals surface area contributed by atoms with Gasteiger partial charge in [-0.05, 0) is 78.9 Å². The lowest BCUT2D eigenvalue weighted by molar-refractivity contribution is -0.122. The van der Waals surface area contributed by atoms with Crippen LogP contribution in [-0.4, -0.2) is 35.8 Å². The molecule has 0 bridgehead atoms. The second kappa shape index (κ2) is 21.8. The molecule has 3 aromatic carbocycles. The van der Waals surface area contributed by atoms with E-state index >= 15 is 0 Å². The molecule has 1 heterocycles. The molecule has 0 spiro atoms. The molecule has 1 aliphatic rings. The number of benzene rings is 3. The molecule has 0 aromatic heterocycles. The minimum atomic E-state index is -0.703. The van der Waals surface area contributed by atoms with Gasteiger partial charge in [0, 0.05) is 5.69 Å². The number of aromatic hydroxyl groups is 1. The Labute approximate surface area is 314 Å². The molecule has 52 heavy (non-hydrogen) atoms. The lowest BCUT2D eigenvalue weighted by Crippen LogP contribution is -2.32. The van der Waals surface area contributed by atoms with Crippen molar-refractivity contribution in [1.82, 2.24) is 10.9 Å². The topological polar surface area (TPSA) is 121 Å². The van der Waals surface area contributed by atoms with Gasteiger partial charge in [-0.25, -0.2) is 4.99 Å². The third-order valence-corrected chi connectivity index (χ3v) is 9.46. The summed E-state index contributed by atoms with van der Waals surface area (Å²) in [6.45, 7) is 4.18. The molecule has 1 atom stereocenters. The van der Waals surface area contributed by atoms with Crippen LogP contribution in [-0.2, 0) is 16.0 Å². The highest BCUT2D eigenvalue weighted by Crippen LogP contribution is 2.30. The standard InChI is InChI=1S/C42H55ClN4O5/c1-4-6-7-8-9-10-11-12-13-14-15-16-17-19-30-20-18-21-33(26-30)52-38(5-2)42(50)44-32-23-24-34(43)35(29-32)45-41-40(49)36(46-47-41)27-31-22-25-37(48)39(28-31)51-3/h18,20-29,38,46,48H,4-17,19H2,1-3H3,(H,44,50)(H,45,47)/b36-27+. The van der Waals surface area contributed by atoms with Crippen LogP contribution in [0.2, 0.25) is 5.02 Å². The first-order valence-corrected chi connectivity index (χ1v) is 19.3. The lowest BCUT2D eigenvalue weighted by atomic mass is 10.0. The van der Waals surface area contributed by atoms with E-state index in [1.807, 2.05) is 25.1 Å². The number of phenols is 1. The van der Waals surface area contributed by atoms with Gasteiger partial charge < -0.3 is 19.9 Å². The van der Waals surface area contributed by atoms with Crippen molar-refractivity contribution in [2.45, 2.75) is 116 Å². The maximum absolute atomic E-state index is 13.3. The summed E-state index contributed by atoms with van der Waals surface area (Å²) in [5.41, 5.74) is 8.49. The molecule has 280 valence electrons. The van der Waals surface area contributed by atoms with Gasteiger partial charge in [0.15, 0.2) is 23.4 Å². The Balaban J connectivity index is 1.24. The van der Waals surface area contributed by atoms with E-state index in [4.69, 9.17) is 21.1 Å². The van der Waals surface area contributed by atoms with Crippen molar-refractivity contribution in [3.63, 3.8) is 0 Å². The maximum atomic E-state index is 13.3. The smallest absolute Gasteiger partial charge is 0.265 e. The van der Waals surface area contributed by atoms with E-state index in [1.54, 1.807) is 36.4 Å². The average Bonchev–Trinajstić information content (AvgIpc) is 3.48. The summed E-state index contributed by atoms with van der Waals surface area (Å²) in [6, 6.07) is 17.7. The van der Waals surface area contributed by atoms with Crippen LogP contribution < -0.4 is 25.6 Å². The fourth-order valence-electron chi connectivity index (χ4n) is 6.13. The minimum absolute atomic E-state index is 0.00113. The van der Waals surface area contributed by atoms with Gasteiger partial charge in [0.05, 0.1) is 17.8 Å². The molecular weight excluding hydrogens is 676 g/mol. The minimum Gasteiger partial charge on any atom is -0.504 e. The Morgan fingerprint density at radius 2 is 1.58 bits per heavy atom. The van der Waals surface area contributed by atoms with Crippen molar-refractivity contribution < 1.29 is 24.2 Å². The molecular formula is C42H55ClN4O5. The number of carbonyl (C=O) groups is 2. The number of hydrogen-bond acceptors (Lipinski definition) is 7. The Bertz CT molecular complexity index is 1670. The summed E-state index contributed by atoms with van der Waals surface area (Å²) in [4.78, 5) is 30.8. The number of nitrogens with zero attached hydrogens (tertiary/aromatic N) is 1. The number of phenolic OH excluding ortho intramolecular Hbond substituents is 1. The largest absolute Gasteiger partial charge is 0.504 e. The number of unbranched alkanes of at least 4 members (excludes halogenated alkanes) is 12. The van der Waals surface area contributed by atoms with E-state index in [-0.39, 0.29) is 34.7 Å². The highest BCUT2D eigenvalue weighted by molar-refractivity contribution is 6.48. The normalized spacial score (nSPS) is 14.7. The first-order valence-electron chi connectivity index (χ1n) is 18.9. The van der Waals surface area contributed by atoms with Gasteiger partial charge in [0.2, 0.25) is 5.78 Å². The van der Waals surface area contributed by atoms with Crippen LogP contribution in [0, 0.1) is 0 Å². The summed E-state index contributed by atoms with van der Waals surface area (Å²) in [5, 5.41) is 13.1. The van der Waals surface area contributed by atoms with Crippen LogP contribution in [0.25, 0.3) is 6.08 Å². The molecule has 0 radical (unpaired) electrons. The Morgan fingerprint density at radius 3 is 2.25 bits per heavy atom. The van der Waals surface area contributed by atoms with Crippen molar-refractivity contribution in [3.8, 4) is 17.2 Å². The van der Waals surface area contributed by atoms with Crippen molar-refractivity contribution in [1.29, 1.82) is 0 Å². The van der Waals surface area contributed by atoms with Crippen LogP contribution >= 0.6 is 11.6 Å². The zero-order valence-electron chi connectivity index (χ0n) is 30.9. The molecule has 4 N–H and O–H groups in total. The maximum Gasteiger partial charge on any atom is 0.265 e. The molecule has 1 saturated heterocycles. The first-order chi connectivity index (χ1) is 25.3. The SMILES string of the molecule is CCCCCCCCCCCCCCCc1cccc(OC(CC)C(=O)Nc2ccc(Cl)c(N=C3NN/C(=C/c4ccc(O)c(OC)c4)C3=O)c2)c1. The summed E-state index contributed by atoms with van der Waals surface area (Å²) >= 11 is 6.43. The number of anilines is 1. The monoisotopic (exact) mass is 730 g/mol. The van der Waals surface area contributed by atoms with Crippen LogP contribution in [0.1, 0.15) is 115 Å². The van der Waals surface area contributed by atoms with Gasteiger partial charge in [0.1, 0.15) is 11.4 Å². The van der Waals surface area contributed by atoms with E-state index < -0.39 is 6.10 Å². The fourth-order valence-corrected chi connectivity index (χ4v) is 6.29. The van der Waals surface area contributed by atoms with Gasteiger partial charge >= 0.3 is 0 Å². The molecule has 1 fully saturated rings. The van der Waals surface area contributed by atoms with E-state index in [2.05, 4.69) is 34.2 Å². The highest BCUT2D eigenvalue weighted by atomic mass is 35.5. The Morgan fingerprint density at radius 1 is 0.885 bits per heavy atom. The van der Waals surface area contributed by atoms with E-state index in [9.17, 15) is 14.7 Å². The number of halogens is 1. The molecule has 10 heteroatoms. The summed E-state index contributed by atoms with van der Waals surface area (Å²) in [7, 11) is 1.45. The number of aryl methyl sites for hydroxylation is 1. The van der Waals surface area contributed by atoms with E-state index in [1.165, 1.54) is 95.8 Å². The molecule has 0 aliphatic carbocycles. The van der Waals surface area contributed by atoms with Crippen molar-refractivity contribution in [3.05, 3.63) is 82.5 Å². The number of methoxy groups -OCH3 is 1. The van der Waals surface area contributed by atoms with Gasteiger partial charge in [0.25, 0.3) is 5.91 Å². The van der Waals surface area contributed by atoms with E-state index in [0.29, 0.717) is 34.1 Å². The van der Waals surface area contributed by atoms with Crippen LogP contribution in [0.15, 0.2) is 71.4 Å². The third kappa shape index (κ3) is 12.9. The molecule has 1 amide bonds. The number of ether oxygens (including phenoxy) is 2. The predicted octanol–water partition coefficient (Wildman–Crippen LogP) is 10.2. The zero-order chi connectivity index (χ0) is 37.1. The molecule has 0 saturated carbocycles. The van der Waals surface area contributed by atoms with Gasteiger partial charge in [-0.3, -0.25) is 20.4 Å². The number of aliphatic imine (C=N–C) groups is 1. The highest BCUT2D eigenvalue weighted by Gasteiger charge is 2.25. The predicted molar refractivity (Wildman–Crippen MR) is 212 cm³/mol. The van der Waals surface area contributed by atoms with E-state index in [0.717, 1.165) is 12.8 Å². The number of hydrogen-bond donors (Lipinski definition) is 4. The van der Waals surface area contributed by atoms with Gasteiger partial charge in [-0.15, -0.1) is 0 Å². The summed E-state index contributed by atoms with van der Waals surface area (Å²) in [6.07, 6.45) is 19.7. The molecule has 1 unspecified atom stereocenters. The number of amidine groups is 1. The fraction of sp³-hybridized carbons (Fsp3) is 0.452. The molecule has 4 rings (SSSR count). The lowest BCUT2D eigenvalue weighted by Gasteiger charge is -2.18. The van der Waals surface area contributed by atoms with Crippen molar-refractivity contribution >= 4 is 46.6 Å². The van der Waals surface area contributed by atoms with Crippen LogP contribution in [0.3, 0.4) is 0 Å². The molecule has 1 aliphatic heterocycles. The third-order valence-electron chi connectivity index (χ3n) is 9.15.